The molecular formula is C13H17FN2O3. The smallest absolute Gasteiger partial charge is 0.254 e. The van der Waals surface area contributed by atoms with E-state index in [2.05, 4.69) is 10.6 Å². The minimum atomic E-state index is -0.623. The van der Waals surface area contributed by atoms with E-state index in [0.29, 0.717) is 18.2 Å². The van der Waals surface area contributed by atoms with E-state index in [-0.39, 0.29) is 11.3 Å². The fourth-order valence-corrected chi connectivity index (χ4v) is 1.85. The number of benzene rings is 1. The molecule has 1 aliphatic heterocycles. The summed E-state index contributed by atoms with van der Waals surface area (Å²) in [5, 5.41) is 5.82. The van der Waals surface area contributed by atoms with E-state index in [4.69, 9.17) is 9.47 Å². The van der Waals surface area contributed by atoms with Crippen molar-refractivity contribution in [2.75, 3.05) is 33.9 Å². The number of nitrogens with one attached hydrogen (secondary N) is 2. The van der Waals surface area contributed by atoms with E-state index in [1.54, 1.807) is 0 Å². The van der Waals surface area contributed by atoms with Crippen molar-refractivity contribution in [3.8, 4) is 11.5 Å². The van der Waals surface area contributed by atoms with Crippen LogP contribution in [0.2, 0.25) is 0 Å². The van der Waals surface area contributed by atoms with Crippen molar-refractivity contribution < 1.29 is 18.7 Å². The quantitative estimate of drug-likeness (QED) is 0.829. The van der Waals surface area contributed by atoms with Crippen LogP contribution in [0.1, 0.15) is 10.4 Å². The van der Waals surface area contributed by atoms with Crippen molar-refractivity contribution in [2.24, 2.45) is 5.92 Å². The van der Waals surface area contributed by atoms with Gasteiger partial charge in [0, 0.05) is 31.6 Å². The van der Waals surface area contributed by atoms with Gasteiger partial charge in [-0.3, -0.25) is 4.79 Å². The van der Waals surface area contributed by atoms with Crippen molar-refractivity contribution >= 4 is 5.91 Å². The van der Waals surface area contributed by atoms with Crippen LogP contribution in [0, 0.1) is 11.7 Å². The average Bonchev–Trinajstić information content (AvgIpc) is 2.36. The third-order valence-electron chi connectivity index (χ3n) is 3.14. The molecule has 1 amide bonds. The molecule has 6 heteroatoms. The van der Waals surface area contributed by atoms with Gasteiger partial charge in [0.25, 0.3) is 5.91 Å². The first-order valence-corrected chi connectivity index (χ1v) is 6.06. The number of methoxy groups -OCH3 is 2. The highest BCUT2D eigenvalue weighted by Gasteiger charge is 2.20. The van der Waals surface area contributed by atoms with Crippen LogP contribution in [-0.2, 0) is 0 Å². The van der Waals surface area contributed by atoms with Gasteiger partial charge in [-0.15, -0.1) is 0 Å². The maximum absolute atomic E-state index is 13.8. The Morgan fingerprint density at radius 1 is 1.37 bits per heavy atom. The van der Waals surface area contributed by atoms with Crippen molar-refractivity contribution in [3.05, 3.63) is 23.5 Å². The third-order valence-corrected chi connectivity index (χ3v) is 3.14. The molecule has 1 fully saturated rings. The first-order valence-electron chi connectivity index (χ1n) is 6.06. The molecule has 0 unspecified atom stereocenters. The summed E-state index contributed by atoms with van der Waals surface area (Å²) < 4.78 is 23.8. The maximum Gasteiger partial charge on any atom is 0.254 e. The molecule has 5 nitrogen and oxygen atoms in total. The Bertz CT molecular complexity index is 475. The summed E-state index contributed by atoms with van der Waals surface area (Å²) in [5.74, 6) is -0.0431. The molecule has 104 valence electrons. The number of hydrogen-bond donors (Lipinski definition) is 2. The molecule has 1 aromatic rings. The molecule has 19 heavy (non-hydrogen) atoms. The predicted octanol–water partition coefficient (Wildman–Crippen LogP) is 0.792. The van der Waals surface area contributed by atoms with E-state index in [1.807, 2.05) is 0 Å². The number of carbonyl (C=O) groups is 1. The molecule has 0 spiro atoms. The molecule has 2 rings (SSSR count). The summed E-state index contributed by atoms with van der Waals surface area (Å²) in [4.78, 5) is 11.9. The first-order chi connectivity index (χ1) is 9.15. The lowest BCUT2D eigenvalue weighted by atomic mass is 10.0. The Balaban J connectivity index is 2.11. The predicted molar refractivity (Wildman–Crippen MR) is 68.2 cm³/mol. The Hall–Kier alpha value is -1.82. The zero-order chi connectivity index (χ0) is 13.8. The summed E-state index contributed by atoms with van der Waals surface area (Å²) in [5.41, 5.74) is -0.0371. The van der Waals surface area contributed by atoms with Crippen LogP contribution in [0.4, 0.5) is 4.39 Å². The number of amides is 1. The van der Waals surface area contributed by atoms with Gasteiger partial charge >= 0.3 is 0 Å². The van der Waals surface area contributed by atoms with E-state index < -0.39 is 11.7 Å². The third kappa shape index (κ3) is 2.96. The highest BCUT2D eigenvalue weighted by molar-refractivity contribution is 5.95. The Kier molecular flexibility index (Phi) is 4.21. The van der Waals surface area contributed by atoms with Crippen LogP contribution in [-0.4, -0.2) is 39.8 Å². The lowest BCUT2D eigenvalue weighted by Crippen LogP contribution is -2.48. The molecule has 1 aliphatic rings. The SMILES string of the molecule is COc1cc(F)c(C(=O)NCC2CNC2)cc1OC. The second-order valence-corrected chi connectivity index (χ2v) is 4.42. The minimum Gasteiger partial charge on any atom is -0.493 e. The zero-order valence-corrected chi connectivity index (χ0v) is 11.0. The van der Waals surface area contributed by atoms with Crippen LogP contribution in [0.5, 0.6) is 11.5 Å². The second-order valence-electron chi connectivity index (χ2n) is 4.42. The van der Waals surface area contributed by atoms with Gasteiger partial charge in [0.2, 0.25) is 0 Å². The number of rotatable bonds is 5. The summed E-state index contributed by atoms with van der Waals surface area (Å²) in [6.45, 7) is 2.31. The van der Waals surface area contributed by atoms with Crippen LogP contribution in [0.3, 0.4) is 0 Å². The van der Waals surface area contributed by atoms with Crippen LogP contribution < -0.4 is 20.1 Å². The number of ether oxygens (including phenoxy) is 2. The standard InChI is InChI=1S/C13H17FN2O3/c1-18-11-3-9(10(14)4-12(11)19-2)13(17)16-7-8-5-15-6-8/h3-4,8,15H,5-7H2,1-2H3,(H,16,17). The molecule has 0 atom stereocenters. The zero-order valence-electron chi connectivity index (χ0n) is 11.0. The maximum atomic E-state index is 13.8. The molecule has 1 heterocycles. The minimum absolute atomic E-state index is 0.0371. The Labute approximate surface area is 111 Å². The average molecular weight is 268 g/mol. The monoisotopic (exact) mass is 268 g/mol. The summed E-state index contributed by atoms with van der Waals surface area (Å²) in [6.07, 6.45) is 0. The van der Waals surface area contributed by atoms with E-state index >= 15 is 0 Å². The highest BCUT2D eigenvalue weighted by Crippen LogP contribution is 2.29. The van der Waals surface area contributed by atoms with Crippen molar-refractivity contribution in [1.29, 1.82) is 0 Å². The molecule has 1 aromatic carbocycles. The van der Waals surface area contributed by atoms with Crippen LogP contribution in [0.25, 0.3) is 0 Å². The lowest BCUT2D eigenvalue weighted by Gasteiger charge is -2.27. The Morgan fingerprint density at radius 2 is 2.00 bits per heavy atom. The van der Waals surface area contributed by atoms with E-state index in [0.717, 1.165) is 19.2 Å². The molecule has 0 bridgehead atoms. The summed E-state index contributed by atoms with van der Waals surface area (Å²) in [6, 6.07) is 2.50. The van der Waals surface area contributed by atoms with Gasteiger partial charge in [-0.25, -0.2) is 4.39 Å². The number of carbonyl (C=O) groups excluding carboxylic acids is 1. The fraction of sp³-hybridized carbons (Fsp3) is 0.462. The lowest BCUT2D eigenvalue weighted by molar-refractivity contribution is 0.0937. The fourth-order valence-electron chi connectivity index (χ4n) is 1.85. The van der Waals surface area contributed by atoms with E-state index in [9.17, 15) is 9.18 Å². The number of halogens is 1. The highest BCUT2D eigenvalue weighted by atomic mass is 19.1. The van der Waals surface area contributed by atoms with Gasteiger partial charge in [-0.1, -0.05) is 0 Å². The van der Waals surface area contributed by atoms with Crippen molar-refractivity contribution in [2.45, 2.75) is 0 Å². The number of hydrogen-bond acceptors (Lipinski definition) is 4. The van der Waals surface area contributed by atoms with Crippen LogP contribution in [0.15, 0.2) is 12.1 Å². The molecule has 0 aliphatic carbocycles. The summed E-state index contributed by atoms with van der Waals surface area (Å²) >= 11 is 0. The molecule has 2 N–H and O–H groups in total. The first kappa shape index (κ1) is 13.6. The van der Waals surface area contributed by atoms with Crippen molar-refractivity contribution in [3.63, 3.8) is 0 Å². The topological polar surface area (TPSA) is 59.6 Å². The summed E-state index contributed by atoms with van der Waals surface area (Å²) in [7, 11) is 2.86. The molecule has 0 saturated carbocycles. The largest absolute Gasteiger partial charge is 0.493 e. The Morgan fingerprint density at radius 3 is 2.53 bits per heavy atom. The van der Waals surface area contributed by atoms with E-state index in [1.165, 1.54) is 20.3 Å². The van der Waals surface area contributed by atoms with Gasteiger partial charge in [-0.05, 0) is 6.07 Å². The van der Waals surface area contributed by atoms with Gasteiger partial charge in [0.15, 0.2) is 11.5 Å². The molecule has 0 aromatic heterocycles. The van der Waals surface area contributed by atoms with Gasteiger partial charge in [-0.2, -0.15) is 0 Å². The molecule has 0 radical (unpaired) electrons. The molecule has 1 saturated heterocycles. The van der Waals surface area contributed by atoms with Gasteiger partial charge in [0.1, 0.15) is 5.82 Å². The second kappa shape index (κ2) is 5.88. The normalized spacial score (nSPS) is 14.7. The van der Waals surface area contributed by atoms with Gasteiger partial charge in [0.05, 0.1) is 19.8 Å². The van der Waals surface area contributed by atoms with Crippen LogP contribution >= 0.6 is 0 Å². The van der Waals surface area contributed by atoms with Gasteiger partial charge < -0.3 is 20.1 Å². The van der Waals surface area contributed by atoms with Crippen molar-refractivity contribution in [1.82, 2.24) is 10.6 Å². The molecular weight excluding hydrogens is 251 g/mol.